The first kappa shape index (κ1) is 11.8. The van der Waals surface area contributed by atoms with Gasteiger partial charge in [-0.1, -0.05) is 23.8 Å². The van der Waals surface area contributed by atoms with Crippen molar-refractivity contribution < 1.29 is 9.53 Å². The molecular formula is C11H16O2. The zero-order valence-corrected chi connectivity index (χ0v) is 8.41. The molecule has 72 valence electrons. The van der Waals surface area contributed by atoms with Crippen molar-refractivity contribution in [1.29, 1.82) is 0 Å². The minimum absolute atomic E-state index is 0.745. The van der Waals surface area contributed by atoms with Crippen LogP contribution in [-0.4, -0.2) is 20.0 Å². The third-order valence-corrected chi connectivity index (χ3v) is 1.47. The molecule has 0 amide bonds. The normalized spacial score (nSPS) is 8.54. The third kappa shape index (κ3) is 6.05. The Morgan fingerprint density at radius 2 is 2.08 bits per heavy atom. The van der Waals surface area contributed by atoms with E-state index < -0.39 is 0 Å². The molecule has 1 aromatic carbocycles. The fourth-order valence-corrected chi connectivity index (χ4v) is 0.743. The minimum atomic E-state index is 0.745. The van der Waals surface area contributed by atoms with Gasteiger partial charge in [0.25, 0.3) is 0 Å². The Kier molecular flexibility index (Phi) is 6.83. The van der Waals surface area contributed by atoms with Crippen LogP contribution >= 0.6 is 0 Å². The van der Waals surface area contributed by atoms with Gasteiger partial charge >= 0.3 is 0 Å². The summed E-state index contributed by atoms with van der Waals surface area (Å²) in [5.74, 6) is 0. The molecule has 0 heterocycles. The lowest BCUT2D eigenvalue weighted by Gasteiger charge is -1.89. The molecule has 1 aromatic rings. The molecule has 0 saturated heterocycles. The Labute approximate surface area is 79.5 Å². The summed E-state index contributed by atoms with van der Waals surface area (Å²) in [7, 11) is 1.68. The first-order valence-corrected chi connectivity index (χ1v) is 4.25. The molecule has 0 spiro atoms. The van der Waals surface area contributed by atoms with Crippen LogP contribution in [0.3, 0.4) is 0 Å². The SMILES string of the molecule is CCOC.Cc1cccc(C=O)c1. The smallest absolute Gasteiger partial charge is 0.150 e. The van der Waals surface area contributed by atoms with Gasteiger partial charge in [-0.3, -0.25) is 4.79 Å². The largest absolute Gasteiger partial charge is 0.385 e. The Hall–Kier alpha value is -1.15. The van der Waals surface area contributed by atoms with Gasteiger partial charge in [-0.05, 0) is 19.9 Å². The van der Waals surface area contributed by atoms with Crippen molar-refractivity contribution in [3.8, 4) is 0 Å². The number of hydrogen-bond acceptors (Lipinski definition) is 2. The van der Waals surface area contributed by atoms with E-state index in [-0.39, 0.29) is 0 Å². The summed E-state index contributed by atoms with van der Waals surface area (Å²) in [4.78, 5) is 10.2. The van der Waals surface area contributed by atoms with E-state index in [1.807, 2.05) is 32.0 Å². The van der Waals surface area contributed by atoms with Gasteiger partial charge in [0.1, 0.15) is 6.29 Å². The van der Waals surface area contributed by atoms with E-state index in [4.69, 9.17) is 0 Å². The Morgan fingerprint density at radius 3 is 2.38 bits per heavy atom. The first-order valence-electron chi connectivity index (χ1n) is 4.25. The van der Waals surface area contributed by atoms with Crippen LogP contribution in [0, 0.1) is 6.92 Å². The van der Waals surface area contributed by atoms with E-state index in [9.17, 15) is 4.79 Å². The summed E-state index contributed by atoms with van der Waals surface area (Å²) in [6.07, 6.45) is 0.854. The molecule has 0 radical (unpaired) electrons. The Bertz CT molecular complexity index is 242. The molecule has 0 N–H and O–H groups in total. The second-order valence-corrected chi connectivity index (χ2v) is 2.61. The quantitative estimate of drug-likeness (QED) is 0.653. The van der Waals surface area contributed by atoms with Crippen LogP contribution in [0.15, 0.2) is 24.3 Å². The van der Waals surface area contributed by atoms with E-state index in [1.54, 1.807) is 13.2 Å². The number of benzene rings is 1. The molecule has 0 aliphatic carbocycles. The molecule has 1 rings (SSSR count). The molecule has 0 aliphatic heterocycles. The molecule has 0 aromatic heterocycles. The standard InChI is InChI=1S/C8H8O.C3H8O/c1-7-3-2-4-8(5-7)6-9;1-3-4-2/h2-6H,1H3;3H2,1-2H3. The van der Waals surface area contributed by atoms with Gasteiger partial charge in [-0.25, -0.2) is 0 Å². The summed E-state index contributed by atoms with van der Waals surface area (Å²) < 4.78 is 4.54. The zero-order chi connectivity index (χ0) is 10.1. The van der Waals surface area contributed by atoms with Crippen molar-refractivity contribution in [1.82, 2.24) is 0 Å². The van der Waals surface area contributed by atoms with Crippen LogP contribution in [0.1, 0.15) is 22.8 Å². The first-order chi connectivity index (χ1) is 6.24. The fourth-order valence-electron chi connectivity index (χ4n) is 0.743. The lowest BCUT2D eigenvalue weighted by Crippen LogP contribution is -1.78. The number of aryl methyl sites for hydroxylation is 1. The van der Waals surface area contributed by atoms with Gasteiger partial charge in [0.05, 0.1) is 0 Å². The predicted molar refractivity (Wildman–Crippen MR) is 54.1 cm³/mol. The number of carbonyl (C=O) groups is 1. The molecule has 0 aliphatic rings. The molecular weight excluding hydrogens is 164 g/mol. The average Bonchev–Trinajstić information content (AvgIpc) is 2.18. The van der Waals surface area contributed by atoms with Crippen LogP contribution in [-0.2, 0) is 4.74 Å². The highest BCUT2D eigenvalue weighted by Crippen LogP contribution is 1.99. The van der Waals surface area contributed by atoms with Crippen molar-refractivity contribution in [2.45, 2.75) is 13.8 Å². The molecule has 0 bridgehead atoms. The van der Waals surface area contributed by atoms with Gasteiger partial charge in [0, 0.05) is 19.3 Å². The average molecular weight is 180 g/mol. The summed E-state index contributed by atoms with van der Waals surface area (Å²) in [5, 5.41) is 0. The van der Waals surface area contributed by atoms with Crippen molar-refractivity contribution in [2.75, 3.05) is 13.7 Å². The summed E-state index contributed by atoms with van der Waals surface area (Å²) in [5.41, 5.74) is 1.87. The van der Waals surface area contributed by atoms with Crippen LogP contribution in [0.4, 0.5) is 0 Å². The highest BCUT2D eigenvalue weighted by molar-refractivity contribution is 5.74. The monoisotopic (exact) mass is 180 g/mol. The number of carbonyl (C=O) groups excluding carboxylic acids is 1. The minimum Gasteiger partial charge on any atom is -0.385 e. The van der Waals surface area contributed by atoms with Gasteiger partial charge in [-0.2, -0.15) is 0 Å². The van der Waals surface area contributed by atoms with Crippen molar-refractivity contribution in [2.24, 2.45) is 0 Å². The van der Waals surface area contributed by atoms with E-state index in [2.05, 4.69) is 4.74 Å². The second-order valence-electron chi connectivity index (χ2n) is 2.61. The maximum Gasteiger partial charge on any atom is 0.150 e. The topological polar surface area (TPSA) is 26.3 Å². The van der Waals surface area contributed by atoms with Crippen molar-refractivity contribution in [3.63, 3.8) is 0 Å². The van der Waals surface area contributed by atoms with Crippen molar-refractivity contribution >= 4 is 6.29 Å². The van der Waals surface area contributed by atoms with Gasteiger partial charge in [0.2, 0.25) is 0 Å². The molecule has 13 heavy (non-hydrogen) atoms. The summed E-state index contributed by atoms with van der Waals surface area (Å²) in [6, 6.07) is 7.49. The Morgan fingerprint density at radius 1 is 1.46 bits per heavy atom. The number of methoxy groups -OCH3 is 1. The third-order valence-electron chi connectivity index (χ3n) is 1.47. The number of ether oxygens (including phenoxy) is 1. The number of rotatable bonds is 2. The predicted octanol–water partition coefficient (Wildman–Crippen LogP) is 2.46. The Balaban J connectivity index is 0.000000310. The summed E-state index contributed by atoms with van der Waals surface area (Å²) >= 11 is 0. The molecule has 2 nitrogen and oxygen atoms in total. The van der Waals surface area contributed by atoms with E-state index in [0.29, 0.717) is 0 Å². The van der Waals surface area contributed by atoms with E-state index in [1.165, 1.54) is 0 Å². The van der Waals surface area contributed by atoms with Crippen LogP contribution < -0.4 is 0 Å². The summed E-state index contributed by atoms with van der Waals surface area (Å²) in [6.45, 7) is 4.74. The van der Waals surface area contributed by atoms with Crippen molar-refractivity contribution in [3.05, 3.63) is 35.4 Å². The lowest BCUT2D eigenvalue weighted by atomic mass is 10.2. The lowest BCUT2D eigenvalue weighted by molar-refractivity contribution is 0.112. The number of hydrogen-bond donors (Lipinski definition) is 0. The molecule has 0 atom stereocenters. The highest BCUT2D eigenvalue weighted by Gasteiger charge is 1.86. The van der Waals surface area contributed by atoms with Gasteiger partial charge < -0.3 is 4.74 Å². The highest BCUT2D eigenvalue weighted by atomic mass is 16.5. The van der Waals surface area contributed by atoms with Gasteiger partial charge in [-0.15, -0.1) is 0 Å². The fraction of sp³-hybridized carbons (Fsp3) is 0.364. The molecule has 0 saturated carbocycles. The maximum atomic E-state index is 10.2. The second kappa shape index (κ2) is 7.50. The molecule has 0 unspecified atom stereocenters. The van der Waals surface area contributed by atoms with E-state index in [0.717, 1.165) is 24.0 Å². The molecule has 2 heteroatoms. The van der Waals surface area contributed by atoms with Crippen LogP contribution in [0.5, 0.6) is 0 Å². The van der Waals surface area contributed by atoms with Crippen LogP contribution in [0.25, 0.3) is 0 Å². The maximum absolute atomic E-state index is 10.2. The van der Waals surface area contributed by atoms with Crippen LogP contribution in [0.2, 0.25) is 0 Å². The van der Waals surface area contributed by atoms with Gasteiger partial charge in [0.15, 0.2) is 0 Å². The van der Waals surface area contributed by atoms with E-state index >= 15 is 0 Å². The number of aldehydes is 1. The molecule has 0 fully saturated rings. The zero-order valence-electron chi connectivity index (χ0n) is 8.41.